The maximum Gasteiger partial charge on any atom is 0.273 e. The first kappa shape index (κ1) is 15.1. The molecule has 0 saturated heterocycles. The number of alkyl halides is 2. The minimum atomic E-state index is -2.73. The zero-order chi connectivity index (χ0) is 13.8. The van der Waals surface area contributed by atoms with Crippen molar-refractivity contribution in [1.29, 1.82) is 0 Å². The van der Waals surface area contributed by atoms with Crippen LogP contribution in [0, 0.1) is 5.92 Å². The SMILES string of the molecule is CCC(F)(F)c1cccc(C(CNC)C(C)C)c1. The summed E-state index contributed by atoms with van der Waals surface area (Å²) in [5, 5.41) is 3.13. The van der Waals surface area contributed by atoms with E-state index in [1.165, 1.54) is 13.0 Å². The Bertz CT molecular complexity index is 375. The Kier molecular flexibility index (Phi) is 5.27. The van der Waals surface area contributed by atoms with Crippen molar-refractivity contribution in [3.05, 3.63) is 35.4 Å². The third kappa shape index (κ3) is 3.52. The number of hydrogen-bond acceptors (Lipinski definition) is 1. The second-order valence-corrected chi connectivity index (χ2v) is 5.09. The van der Waals surface area contributed by atoms with Gasteiger partial charge >= 0.3 is 0 Å². The molecule has 18 heavy (non-hydrogen) atoms. The highest BCUT2D eigenvalue weighted by molar-refractivity contribution is 5.30. The van der Waals surface area contributed by atoms with E-state index < -0.39 is 5.92 Å². The summed E-state index contributed by atoms with van der Waals surface area (Å²) < 4.78 is 27.4. The van der Waals surface area contributed by atoms with Crippen LogP contribution in [0.4, 0.5) is 8.78 Å². The molecule has 0 amide bonds. The molecule has 0 fully saturated rings. The summed E-state index contributed by atoms with van der Waals surface area (Å²) in [6.45, 7) is 6.55. The van der Waals surface area contributed by atoms with Gasteiger partial charge < -0.3 is 5.32 Å². The Labute approximate surface area is 109 Å². The Balaban J connectivity index is 3.06. The average Bonchev–Trinajstić information content (AvgIpc) is 2.35. The van der Waals surface area contributed by atoms with Crippen LogP contribution in [0.1, 0.15) is 44.2 Å². The van der Waals surface area contributed by atoms with Crippen molar-refractivity contribution < 1.29 is 8.78 Å². The average molecular weight is 255 g/mol. The summed E-state index contributed by atoms with van der Waals surface area (Å²) in [7, 11) is 1.89. The molecule has 0 radical (unpaired) electrons. The summed E-state index contributed by atoms with van der Waals surface area (Å²) in [6.07, 6.45) is -0.158. The minimum Gasteiger partial charge on any atom is -0.319 e. The Morgan fingerprint density at radius 3 is 2.44 bits per heavy atom. The predicted octanol–water partition coefficient (Wildman–Crippen LogP) is 4.15. The minimum absolute atomic E-state index is 0.129. The molecule has 1 unspecified atom stereocenters. The van der Waals surface area contributed by atoms with Crippen LogP contribution in [0.2, 0.25) is 0 Å². The molecule has 3 heteroatoms. The third-order valence-electron chi connectivity index (χ3n) is 3.41. The fourth-order valence-corrected chi connectivity index (χ4v) is 2.16. The van der Waals surface area contributed by atoms with E-state index in [4.69, 9.17) is 0 Å². The van der Waals surface area contributed by atoms with Crippen molar-refractivity contribution in [2.45, 2.75) is 39.0 Å². The number of halogens is 2. The van der Waals surface area contributed by atoms with Crippen LogP contribution in [-0.4, -0.2) is 13.6 Å². The van der Waals surface area contributed by atoms with Crippen LogP contribution >= 0.6 is 0 Å². The molecule has 0 spiro atoms. The van der Waals surface area contributed by atoms with Crippen molar-refractivity contribution >= 4 is 0 Å². The standard InChI is InChI=1S/C15H23F2N/c1-5-15(16,17)13-8-6-7-12(9-13)14(10-18-4)11(2)3/h6-9,11,14,18H,5,10H2,1-4H3. The molecular weight excluding hydrogens is 232 g/mol. The van der Waals surface area contributed by atoms with Gasteiger partial charge in [-0.2, -0.15) is 0 Å². The van der Waals surface area contributed by atoms with E-state index in [1.807, 2.05) is 13.1 Å². The molecule has 0 aliphatic heterocycles. The molecule has 0 heterocycles. The Morgan fingerprint density at radius 2 is 1.94 bits per heavy atom. The van der Waals surface area contributed by atoms with Crippen molar-refractivity contribution in [1.82, 2.24) is 5.32 Å². The van der Waals surface area contributed by atoms with Crippen LogP contribution < -0.4 is 5.32 Å². The summed E-state index contributed by atoms with van der Waals surface area (Å²) in [5.74, 6) is -2.04. The molecule has 102 valence electrons. The van der Waals surface area contributed by atoms with E-state index >= 15 is 0 Å². The van der Waals surface area contributed by atoms with Gasteiger partial charge in [-0.05, 0) is 30.5 Å². The fraction of sp³-hybridized carbons (Fsp3) is 0.600. The van der Waals surface area contributed by atoms with E-state index in [-0.39, 0.29) is 17.9 Å². The fourth-order valence-electron chi connectivity index (χ4n) is 2.16. The lowest BCUT2D eigenvalue weighted by Crippen LogP contribution is -2.22. The van der Waals surface area contributed by atoms with Crippen molar-refractivity contribution in [2.24, 2.45) is 5.92 Å². The van der Waals surface area contributed by atoms with Gasteiger partial charge in [-0.3, -0.25) is 0 Å². The highest BCUT2D eigenvalue weighted by atomic mass is 19.3. The molecule has 0 aliphatic carbocycles. The molecule has 1 atom stereocenters. The molecule has 0 aliphatic rings. The summed E-state index contributed by atoms with van der Waals surface area (Å²) in [6, 6.07) is 6.85. The van der Waals surface area contributed by atoms with E-state index in [1.54, 1.807) is 12.1 Å². The summed E-state index contributed by atoms with van der Waals surface area (Å²) >= 11 is 0. The molecule has 1 rings (SSSR count). The molecular formula is C15H23F2N. The van der Waals surface area contributed by atoms with Gasteiger partial charge in [0.15, 0.2) is 0 Å². The van der Waals surface area contributed by atoms with E-state index in [9.17, 15) is 8.78 Å². The van der Waals surface area contributed by atoms with Crippen LogP contribution in [0.5, 0.6) is 0 Å². The summed E-state index contributed by atoms with van der Waals surface area (Å²) in [4.78, 5) is 0. The second-order valence-electron chi connectivity index (χ2n) is 5.09. The molecule has 0 saturated carbocycles. The first-order valence-corrected chi connectivity index (χ1v) is 6.55. The van der Waals surface area contributed by atoms with Gasteiger partial charge in [-0.1, -0.05) is 39.0 Å². The van der Waals surface area contributed by atoms with Gasteiger partial charge in [0, 0.05) is 18.5 Å². The Morgan fingerprint density at radius 1 is 1.28 bits per heavy atom. The van der Waals surface area contributed by atoms with E-state index in [0.29, 0.717) is 5.92 Å². The maximum atomic E-state index is 13.7. The largest absolute Gasteiger partial charge is 0.319 e. The van der Waals surface area contributed by atoms with Gasteiger partial charge in [-0.25, -0.2) is 8.78 Å². The van der Waals surface area contributed by atoms with Gasteiger partial charge in [0.05, 0.1) is 0 Å². The maximum absolute atomic E-state index is 13.7. The second kappa shape index (κ2) is 6.28. The van der Waals surface area contributed by atoms with Crippen molar-refractivity contribution in [2.75, 3.05) is 13.6 Å². The Hall–Kier alpha value is -0.960. The lowest BCUT2D eigenvalue weighted by molar-refractivity contribution is -0.00839. The molecule has 1 aromatic rings. The number of nitrogens with one attached hydrogen (secondary N) is 1. The first-order chi connectivity index (χ1) is 8.42. The zero-order valence-electron chi connectivity index (χ0n) is 11.6. The summed E-state index contributed by atoms with van der Waals surface area (Å²) in [5.41, 5.74) is 1.12. The predicted molar refractivity (Wildman–Crippen MR) is 72.1 cm³/mol. The van der Waals surface area contributed by atoms with Gasteiger partial charge in [0.1, 0.15) is 0 Å². The topological polar surface area (TPSA) is 12.0 Å². The van der Waals surface area contributed by atoms with E-state index in [2.05, 4.69) is 19.2 Å². The van der Waals surface area contributed by atoms with Crippen LogP contribution in [0.3, 0.4) is 0 Å². The van der Waals surface area contributed by atoms with Crippen LogP contribution in [0.15, 0.2) is 24.3 Å². The molecule has 1 nitrogen and oxygen atoms in total. The number of hydrogen-bond donors (Lipinski definition) is 1. The van der Waals surface area contributed by atoms with Crippen LogP contribution in [-0.2, 0) is 5.92 Å². The molecule has 0 bridgehead atoms. The first-order valence-electron chi connectivity index (χ1n) is 6.55. The van der Waals surface area contributed by atoms with Gasteiger partial charge in [-0.15, -0.1) is 0 Å². The number of rotatable bonds is 6. The molecule has 1 N–H and O–H groups in total. The number of likely N-dealkylation sites (N-methyl/N-ethyl adjacent to an activating group) is 1. The molecule has 1 aromatic carbocycles. The quantitative estimate of drug-likeness (QED) is 0.805. The van der Waals surface area contributed by atoms with Gasteiger partial charge in [0.2, 0.25) is 0 Å². The number of benzene rings is 1. The lowest BCUT2D eigenvalue weighted by atomic mass is 9.87. The molecule has 0 aromatic heterocycles. The normalized spacial score (nSPS) is 13.9. The monoisotopic (exact) mass is 255 g/mol. The van der Waals surface area contributed by atoms with E-state index in [0.717, 1.165) is 12.1 Å². The third-order valence-corrected chi connectivity index (χ3v) is 3.41. The van der Waals surface area contributed by atoms with Gasteiger partial charge in [0.25, 0.3) is 5.92 Å². The zero-order valence-corrected chi connectivity index (χ0v) is 11.6. The van der Waals surface area contributed by atoms with Crippen molar-refractivity contribution in [3.8, 4) is 0 Å². The lowest BCUT2D eigenvalue weighted by Gasteiger charge is -2.23. The van der Waals surface area contributed by atoms with Crippen molar-refractivity contribution in [3.63, 3.8) is 0 Å². The highest BCUT2D eigenvalue weighted by Crippen LogP contribution is 2.34. The highest BCUT2D eigenvalue weighted by Gasteiger charge is 2.29. The smallest absolute Gasteiger partial charge is 0.273 e. The van der Waals surface area contributed by atoms with Crippen LogP contribution in [0.25, 0.3) is 0 Å².